The SMILES string of the molecule is N[C@H](CC1CCCCC1)C(O)C(=O)NNC(=O)c1ccccc1O. The minimum absolute atomic E-state index is 0.0267. The van der Waals surface area contributed by atoms with Crippen LogP contribution in [0.3, 0.4) is 0 Å². The molecule has 0 radical (unpaired) electrons. The van der Waals surface area contributed by atoms with Gasteiger partial charge in [-0.25, -0.2) is 0 Å². The number of benzene rings is 1. The molecule has 132 valence electrons. The van der Waals surface area contributed by atoms with E-state index in [0.717, 1.165) is 25.7 Å². The van der Waals surface area contributed by atoms with Crippen molar-refractivity contribution in [3.8, 4) is 5.75 Å². The van der Waals surface area contributed by atoms with Crippen molar-refractivity contribution < 1.29 is 19.8 Å². The zero-order valence-electron chi connectivity index (χ0n) is 13.6. The summed E-state index contributed by atoms with van der Waals surface area (Å²) in [6.45, 7) is 0. The Balaban J connectivity index is 1.80. The highest BCUT2D eigenvalue weighted by Gasteiger charge is 2.27. The Morgan fingerprint density at radius 1 is 1.17 bits per heavy atom. The predicted molar refractivity (Wildman–Crippen MR) is 88.9 cm³/mol. The van der Waals surface area contributed by atoms with E-state index in [0.29, 0.717) is 12.3 Å². The highest BCUT2D eigenvalue weighted by Crippen LogP contribution is 2.27. The lowest BCUT2D eigenvalue weighted by molar-refractivity contribution is -0.131. The molecule has 0 aliphatic heterocycles. The quantitative estimate of drug-likeness (QED) is 0.509. The van der Waals surface area contributed by atoms with E-state index >= 15 is 0 Å². The standard InChI is InChI=1S/C17H25N3O4/c18-13(10-11-6-2-1-3-7-11)15(22)17(24)20-19-16(23)12-8-4-5-9-14(12)21/h4-5,8-9,11,13,15,21-22H,1-3,6-7,10,18H2,(H,19,23)(H,20,24)/t13-,15?/m1/s1. The van der Waals surface area contributed by atoms with E-state index in [4.69, 9.17) is 5.73 Å². The van der Waals surface area contributed by atoms with Crippen LogP contribution in [0.5, 0.6) is 5.75 Å². The first-order valence-corrected chi connectivity index (χ1v) is 8.31. The normalized spacial score (nSPS) is 17.8. The van der Waals surface area contributed by atoms with E-state index in [-0.39, 0.29) is 11.3 Å². The maximum Gasteiger partial charge on any atom is 0.273 e. The molecule has 1 saturated carbocycles. The number of amides is 2. The van der Waals surface area contributed by atoms with Crippen LogP contribution in [-0.4, -0.2) is 34.2 Å². The van der Waals surface area contributed by atoms with Gasteiger partial charge in [0.15, 0.2) is 0 Å². The van der Waals surface area contributed by atoms with Crippen molar-refractivity contribution in [3.63, 3.8) is 0 Å². The molecule has 0 bridgehead atoms. The number of nitrogens with one attached hydrogen (secondary N) is 2. The molecule has 2 rings (SSSR count). The van der Waals surface area contributed by atoms with Crippen molar-refractivity contribution in [2.45, 2.75) is 50.7 Å². The maximum absolute atomic E-state index is 11.9. The smallest absolute Gasteiger partial charge is 0.273 e. The maximum atomic E-state index is 11.9. The number of phenolic OH excluding ortho intramolecular Hbond substituents is 1. The second kappa shape index (κ2) is 8.65. The fourth-order valence-electron chi connectivity index (χ4n) is 3.06. The minimum Gasteiger partial charge on any atom is -0.507 e. The van der Waals surface area contributed by atoms with Gasteiger partial charge in [-0.3, -0.25) is 20.4 Å². The number of hydrazine groups is 1. The van der Waals surface area contributed by atoms with Crippen molar-refractivity contribution >= 4 is 11.8 Å². The molecule has 24 heavy (non-hydrogen) atoms. The van der Waals surface area contributed by atoms with Crippen LogP contribution in [0.25, 0.3) is 0 Å². The molecule has 2 atom stereocenters. The van der Waals surface area contributed by atoms with Crippen molar-refractivity contribution in [2.75, 3.05) is 0 Å². The van der Waals surface area contributed by atoms with Crippen LogP contribution in [0, 0.1) is 5.92 Å². The highest BCUT2D eigenvalue weighted by atomic mass is 16.3. The number of carbonyl (C=O) groups is 2. The third-order valence-corrected chi connectivity index (χ3v) is 4.45. The van der Waals surface area contributed by atoms with Crippen LogP contribution in [0.2, 0.25) is 0 Å². The van der Waals surface area contributed by atoms with Gasteiger partial charge in [0.2, 0.25) is 0 Å². The molecule has 6 N–H and O–H groups in total. The van der Waals surface area contributed by atoms with E-state index in [1.807, 2.05) is 0 Å². The number of nitrogens with two attached hydrogens (primary N) is 1. The van der Waals surface area contributed by atoms with Gasteiger partial charge in [0.05, 0.1) is 5.56 Å². The summed E-state index contributed by atoms with van der Waals surface area (Å²) in [5, 5.41) is 19.6. The fraction of sp³-hybridized carbons (Fsp3) is 0.529. The Kier molecular flexibility index (Phi) is 6.57. The molecular weight excluding hydrogens is 310 g/mol. The number of rotatable bonds is 5. The fourth-order valence-corrected chi connectivity index (χ4v) is 3.06. The topological polar surface area (TPSA) is 125 Å². The van der Waals surface area contributed by atoms with Gasteiger partial charge in [-0.15, -0.1) is 0 Å². The molecule has 0 aromatic heterocycles. The molecule has 1 aromatic rings. The molecule has 1 aromatic carbocycles. The molecule has 0 saturated heterocycles. The molecule has 1 fully saturated rings. The average Bonchev–Trinajstić information content (AvgIpc) is 2.60. The number of phenols is 1. The summed E-state index contributed by atoms with van der Waals surface area (Å²) in [5.41, 5.74) is 10.3. The number of para-hydroxylation sites is 1. The number of aliphatic hydroxyl groups is 1. The van der Waals surface area contributed by atoms with Crippen molar-refractivity contribution in [1.29, 1.82) is 0 Å². The van der Waals surface area contributed by atoms with Crippen LogP contribution in [0.4, 0.5) is 0 Å². The third kappa shape index (κ3) is 4.94. The first-order chi connectivity index (χ1) is 11.5. The van der Waals surface area contributed by atoms with Crippen LogP contribution < -0.4 is 16.6 Å². The summed E-state index contributed by atoms with van der Waals surface area (Å²) < 4.78 is 0. The number of hydrogen-bond acceptors (Lipinski definition) is 5. The van der Waals surface area contributed by atoms with Gasteiger partial charge in [-0.05, 0) is 24.5 Å². The zero-order valence-corrected chi connectivity index (χ0v) is 13.6. The van der Waals surface area contributed by atoms with Gasteiger partial charge in [0.1, 0.15) is 11.9 Å². The van der Waals surface area contributed by atoms with Gasteiger partial charge in [0.25, 0.3) is 11.8 Å². The number of carbonyl (C=O) groups excluding carboxylic acids is 2. The summed E-state index contributed by atoms with van der Waals surface area (Å²) in [6.07, 6.45) is 4.90. The first-order valence-electron chi connectivity index (χ1n) is 8.31. The Morgan fingerprint density at radius 3 is 2.50 bits per heavy atom. The van der Waals surface area contributed by atoms with Gasteiger partial charge in [0, 0.05) is 6.04 Å². The second-order valence-corrected chi connectivity index (χ2v) is 6.31. The lowest BCUT2D eigenvalue weighted by Gasteiger charge is -2.26. The Labute approximate surface area is 141 Å². The molecule has 7 nitrogen and oxygen atoms in total. The zero-order chi connectivity index (χ0) is 17.5. The largest absolute Gasteiger partial charge is 0.507 e. The molecule has 0 spiro atoms. The second-order valence-electron chi connectivity index (χ2n) is 6.31. The van der Waals surface area contributed by atoms with Gasteiger partial charge >= 0.3 is 0 Å². The van der Waals surface area contributed by atoms with Crippen LogP contribution >= 0.6 is 0 Å². The Hall–Kier alpha value is -2.12. The van der Waals surface area contributed by atoms with Crippen LogP contribution in [0.15, 0.2) is 24.3 Å². The van der Waals surface area contributed by atoms with Crippen molar-refractivity contribution in [1.82, 2.24) is 10.9 Å². The van der Waals surface area contributed by atoms with E-state index in [1.165, 1.54) is 18.6 Å². The summed E-state index contributed by atoms with van der Waals surface area (Å²) >= 11 is 0. The van der Waals surface area contributed by atoms with Gasteiger partial charge in [-0.1, -0.05) is 44.2 Å². The van der Waals surface area contributed by atoms with Gasteiger partial charge < -0.3 is 15.9 Å². The molecule has 1 unspecified atom stereocenters. The average molecular weight is 335 g/mol. The van der Waals surface area contributed by atoms with Crippen molar-refractivity contribution in [2.24, 2.45) is 11.7 Å². The van der Waals surface area contributed by atoms with Gasteiger partial charge in [-0.2, -0.15) is 0 Å². The molecular formula is C17H25N3O4. The minimum atomic E-state index is -1.39. The monoisotopic (exact) mass is 335 g/mol. The first kappa shape index (κ1) is 18.2. The van der Waals surface area contributed by atoms with E-state index < -0.39 is 24.0 Å². The summed E-state index contributed by atoms with van der Waals surface area (Å²) in [4.78, 5) is 23.8. The summed E-state index contributed by atoms with van der Waals surface area (Å²) in [5.74, 6) is -1.19. The lowest BCUT2D eigenvalue weighted by atomic mass is 9.84. The Morgan fingerprint density at radius 2 is 1.83 bits per heavy atom. The third-order valence-electron chi connectivity index (χ3n) is 4.45. The Bertz CT molecular complexity index is 573. The molecule has 1 aliphatic rings. The summed E-state index contributed by atoms with van der Waals surface area (Å²) in [7, 11) is 0. The number of aliphatic hydroxyl groups excluding tert-OH is 1. The van der Waals surface area contributed by atoms with Crippen molar-refractivity contribution in [3.05, 3.63) is 29.8 Å². The lowest BCUT2D eigenvalue weighted by Crippen LogP contribution is -2.52. The highest BCUT2D eigenvalue weighted by molar-refractivity contribution is 5.98. The van der Waals surface area contributed by atoms with E-state index in [1.54, 1.807) is 12.1 Å². The molecule has 1 aliphatic carbocycles. The summed E-state index contributed by atoms with van der Waals surface area (Å²) in [6, 6.07) is 5.29. The van der Waals surface area contributed by atoms with E-state index in [9.17, 15) is 19.8 Å². The molecule has 2 amide bonds. The molecule has 7 heteroatoms. The van der Waals surface area contributed by atoms with Crippen LogP contribution in [-0.2, 0) is 4.79 Å². The number of aromatic hydroxyl groups is 1. The predicted octanol–water partition coefficient (Wildman–Crippen LogP) is 0.812. The molecule has 0 heterocycles. The van der Waals surface area contributed by atoms with E-state index in [2.05, 4.69) is 10.9 Å². The van der Waals surface area contributed by atoms with Crippen LogP contribution in [0.1, 0.15) is 48.9 Å². The number of hydrogen-bond donors (Lipinski definition) is 5.